The first-order valence-corrected chi connectivity index (χ1v) is 6.40. The third kappa shape index (κ3) is 3.44. The van der Waals surface area contributed by atoms with E-state index in [0.717, 1.165) is 19.3 Å². The Labute approximate surface area is 111 Å². The number of hydrogen-bond donors (Lipinski definition) is 2. The average Bonchev–Trinajstić information content (AvgIpc) is 2.42. The second-order valence-corrected chi connectivity index (χ2v) is 4.84. The first-order valence-electron chi connectivity index (χ1n) is 6.40. The quantitative estimate of drug-likeness (QED) is 0.858. The number of carbonyl (C=O) groups excluding carboxylic acids is 1. The van der Waals surface area contributed by atoms with Gasteiger partial charge in [0.15, 0.2) is 0 Å². The fourth-order valence-corrected chi connectivity index (χ4v) is 2.33. The molecule has 4 nitrogen and oxygen atoms in total. The summed E-state index contributed by atoms with van der Waals surface area (Å²) in [5, 5.41) is 14.6. The first-order chi connectivity index (χ1) is 9.13. The molecule has 0 saturated heterocycles. The maximum atomic E-state index is 12.7. The summed E-state index contributed by atoms with van der Waals surface area (Å²) in [5.41, 5.74) is -0.259. The largest absolute Gasteiger partial charge is 0.320 e. The lowest BCUT2D eigenvalue weighted by molar-refractivity contribution is 0.233. The van der Waals surface area contributed by atoms with Gasteiger partial charge < -0.3 is 10.6 Å². The smallest absolute Gasteiger partial charge is 0.319 e. The maximum Gasteiger partial charge on any atom is 0.320 e. The van der Waals surface area contributed by atoms with Crippen molar-refractivity contribution in [2.24, 2.45) is 0 Å². The Kier molecular flexibility index (Phi) is 4.00. The number of urea groups is 1. The lowest BCUT2D eigenvalue weighted by Crippen LogP contribution is -2.50. The van der Waals surface area contributed by atoms with E-state index >= 15 is 0 Å². The van der Waals surface area contributed by atoms with Crippen molar-refractivity contribution in [1.82, 2.24) is 5.32 Å². The lowest BCUT2D eigenvalue weighted by Gasteiger charge is -2.31. The van der Waals surface area contributed by atoms with E-state index in [0.29, 0.717) is 18.5 Å². The second kappa shape index (κ2) is 5.70. The molecule has 2 rings (SSSR count). The predicted octanol–water partition coefficient (Wildman–Crippen LogP) is 3.17. The molecule has 0 aliphatic heterocycles. The maximum absolute atomic E-state index is 12.7. The van der Waals surface area contributed by atoms with Crippen LogP contribution in [0.3, 0.4) is 0 Å². The van der Waals surface area contributed by atoms with Crippen molar-refractivity contribution in [2.75, 3.05) is 5.32 Å². The van der Waals surface area contributed by atoms with Crippen molar-refractivity contribution in [3.8, 4) is 6.07 Å². The SMILES string of the molecule is N#CC1(NC(=O)Nc2ccc(F)cc2)CCCCC1. The molecule has 0 aromatic heterocycles. The van der Waals surface area contributed by atoms with Gasteiger partial charge >= 0.3 is 6.03 Å². The number of rotatable bonds is 2. The molecule has 100 valence electrons. The van der Waals surface area contributed by atoms with Crippen molar-refractivity contribution >= 4 is 11.7 Å². The molecule has 1 aromatic carbocycles. The summed E-state index contributed by atoms with van der Waals surface area (Å²) in [7, 11) is 0. The molecule has 5 heteroatoms. The highest BCUT2D eigenvalue weighted by Crippen LogP contribution is 2.27. The summed E-state index contributed by atoms with van der Waals surface area (Å²) >= 11 is 0. The van der Waals surface area contributed by atoms with E-state index in [1.807, 2.05) is 0 Å². The molecular weight excluding hydrogens is 245 g/mol. The van der Waals surface area contributed by atoms with Gasteiger partial charge in [-0.25, -0.2) is 9.18 Å². The first kappa shape index (κ1) is 13.3. The predicted molar refractivity (Wildman–Crippen MR) is 70.0 cm³/mol. The van der Waals surface area contributed by atoms with Crippen LogP contribution in [0.1, 0.15) is 32.1 Å². The highest BCUT2D eigenvalue weighted by molar-refractivity contribution is 5.90. The second-order valence-electron chi connectivity index (χ2n) is 4.84. The average molecular weight is 261 g/mol. The topological polar surface area (TPSA) is 64.9 Å². The Morgan fingerprint density at radius 3 is 2.42 bits per heavy atom. The van der Waals surface area contributed by atoms with Gasteiger partial charge in [-0.05, 0) is 37.1 Å². The van der Waals surface area contributed by atoms with Crippen LogP contribution in [0.4, 0.5) is 14.9 Å². The van der Waals surface area contributed by atoms with Crippen LogP contribution in [0.15, 0.2) is 24.3 Å². The standard InChI is InChI=1S/C14H16FN3O/c15-11-4-6-12(7-5-11)17-13(19)18-14(10-16)8-2-1-3-9-14/h4-7H,1-3,8-9H2,(H2,17,18,19). The van der Waals surface area contributed by atoms with Gasteiger partial charge in [0.25, 0.3) is 0 Å². The number of halogens is 1. The number of amides is 2. The van der Waals surface area contributed by atoms with Crippen LogP contribution in [0, 0.1) is 17.1 Å². The van der Waals surface area contributed by atoms with E-state index in [1.54, 1.807) is 0 Å². The molecule has 0 bridgehead atoms. The Balaban J connectivity index is 1.96. The highest BCUT2D eigenvalue weighted by atomic mass is 19.1. The Morgan fingerprint density at radius 1 is 1.21 bits per heavy atom. The molecule has 0 spiro atoms. The van der Waals surface area contributed by atoms with Crippen molar-refractivity contribution in [3.63, 3.8) is 0 Å². The van der Waals surface area contributed by atoms with Crippen LogP contribution in [-0.2, 0) is 0 Å². The van der Waals surface area contributed by atoms with E-state index in [9.17, 15) is 14.4 Å². The fraction of sp³-hybridized carbons (Fsp3) is 0.429. The Morgan fingerprint density at radius 2 is 1.84 bits per heavy atom. The van der Waals surface area contributed by atoms with Gasteiger partial charge in [-0.2, -0.15) is 5.26 Å². The molecule has 0 unspecified atom stereocenters. The highest BCUT2D eigenvalue weighted by Gasteiger charge is 2.33. The summed E-state index contributed by atoms with van der Waals surface area (Å²) in [6.45, 7) is 0. The molecule has 0 atom stereocenters. The van der Waals surface area contributed by atoms with Crippen LogP contribution in [0.25, 0.3) is 0 Å². The molecular formula is C14H16FN3O. The van der Waals surface area contributed by atoms with E-state index in [4.69, 9.17) is 0 Å². The van der Waals surface area contributed by atoms with Crippen LogP contribution in [0.2, 0.25) is 0 Å². The molecule has 1 aliphatic rings. The minimum Gasteiger partial charge on any atom is -0.319 e. The van der Waals surface area contributed by atoms with Crippen LogP contribution in [0.5, 0.6) is 0 Å². The fourth-order valence-electron chi connectivity index (χ4n) is 2.33. The monoisotopic (exact) mass is 261 g/mol. The Bertz CT molecular complexity index is 486. The summed E-state index contributed by atoms with van der Waals surface area (Å²) < 4.78 is 12.7. The van der Waals surface area contributed by atoms with Crippen LogP contribution >= 0.6 is 0 Å². The minimum absolute atomic E-state index is 0.355. The molecule has 2 N–H and O–H groups in total. The lowest BCUT2D eigenvalue weighted by atomic mass is 9.83. The molecule has 1 aliphatic carbocycles. The van der Waals surface area contributed by atoms with E-state index in [1.165, 1.54) is 24.3 Å². The third-order valence-electron chi connectivity index (χ3n) is 3.38. The molecule has 1 saturated carbocycles. The van der Waals surface area contributed by atoms with Gasteiger partial charge in [0.2, 0.25) is 0 Å². The van der Waals surface area contributed by atoms with E-state index in [2.05, 4.69) is 16.7 Å². The van der Waals surface area contributed by atoms with Gasteiger partial charge in [0.1, 0.15) is 11.4 Å². The van der Waals surface area contributed by atoms with Crippen molar-refractivity contribution in [2.45, 2.75) is 37.6 Å². The zero-order valence-corrected chi connectivity index (χ0v) is 10.6. The summed E-state index contributed by atoms with van der Waals surface area (Å²) in [4.78, 5) is 11.9. The van der Waals surface area contributed by atoms with Gasteiger partial charge in [0, 0.05) is 5.69 Å². The van der Waals surface area contributed by atoms with Crippen LogP contribution < -0.4 is 10.6 Å². The van der Waals surface area contributed by atoms with Gasteiger partial charge in [-0.1, -0.05) is 19.3 Å². The molecule has 2 amide bonds. The van der Waals surface area contributed by atoms with Crippen molar-refractivity contribution in [3.05, 3.63) is 30.1 Å². The van der Waals surface area contributed by atoms with Crippen molar-refractivity contribution < 1.29 is 9.18 Å². The molecule has 19 heavy (non-hydrogen) atoms. The molecule has 0 heterocycles. The summed E-state index contributed by atoms with van der Waals surface area (Å²) in [6, 6.07) is 7.30. The van der Waals surface area contributed by atoms with Crippen molar-refractivity contribution in [1.29, 1.82) is 5.26 Å². The van der Waals surface area contributed by atoms with E-state index < -0.39 is 11.6 Å². The van der Waals surface area contributed by atoms with Gasteiger partial charge in [-0.15, -0.1) is 0 Å². The number of nitrogens with one attached hydrogen (secondary N) is 2. The van der Waals surface area contributed by atoms with Gasteiger partial charge in [0.05, 0.1) is 6.07 Å². The normalized spacial score (nSPS) is 17.3. The number of nitriles is 1. The number of hydrogen-bond acceptors (Lipinski definition) is 2. The number of benzene rings is 1. The number of anilines is 1. The summed E-state index contributed by atoms with van der Waals surface area (Å²) in [5.74, 6) is -0.355. The number of nitrogens with zero attached hydrogens (tertiary/aromatic N) is 1. The van der Waals surface area contributed by atoms with E-state index in [-0.39, 0.29) is 5.82 Å². The minimum atomic E-state index is -0.762. The molecule has 0 radical (unpaired) electrons. The number of carbonyl (C=O) groups is 1. The van der Waals surface area contributed by atoms with Crippen LogP contribution in [-0.4, -0.2) is 11.6 Å². The molecule has 1 aromatic rings. The third-order valence-corrected chi connectivity index (χ3v) is 3.38. The Hall–Kier alpha value is -2.09. The molecule has 1 fully saturated rings. The zero-order valence-electron chi connectivity index (χ0n) is 10.6. The van der Waals surface area contributed by atoms with Gasteiger partial charge in [-0.3, -0.25) is 0 Å². The zero-order chi connectivity index (χ0) is 13.7. The summed E-state index contributed by atoms with van der Waals surface area (Å²) in [6.07, 6.45) is 4.36.